The van der Waals surface area contributed by atoms with E-state index in [-0.39, 0.29) is 5.91 Å². The standard InChI is InChI=1S/C21H25ClN2O/c1-16-10-12-24(13-11-16)15-18-8-6-17(7-9-18)14-23-21(25)19-4-2-3-5-20(19)22/h2-9,16H,10-15H2,1H3,(H,23,25). The van der Waals surface area contributed by atoms with Gasteiger partial charge in [-0.15, -0.1) is 0 Å². The molecule has 3 nitrogen and oxygen atoms in total. The molecule has 1 N–H and O–H groups in total. The Kier molecular flexibility index (Phi) is 6.11. The van der Waals surface area contributed by atoms with Crippen molar-refractivity contribution in [1.29, 1.82) is 0 Å². The van der Waals surface area contributed by atoms with Crippen molar-refractivity contribution in [3.8, 4) is 0 Å². The van der Waals surface area contributed by atoms with Crippen LogP contribution in [-0.2, 0) is 13.1 Å². The molecule has 1 amide bonds. The Bertz CT molecular complexity index is 706. The summed E-state index contributed by atoms with van der Waals surface area (Å²) in [5.74, 6) is 0.720. The molecule has 1 fully saturated rings. The number of hydrogen-bond donors (Lipinski definition) is 1. The molecule has 0 spiro atoms. The van der Waals surface area contributed by atoms with Gasteiger partial charge in [0, 0.05) is 13.1 Å². The second kappa shape index (κ2) is 8.50. The van der Waals surface area contributed by atoms with Crippen LogP contribution in [-0.4, -0.2) is 23.9 Å². The van der Waals surface area contributed by atoms with E-state index in [1.54, 1.807) is 12.1 Å². The topological polar surface area (TPSA) is 32.3 Å². The summed E-state index contributed by atoms with van der Waals surface area (Å²) in [6.45, 7) is 6.24. The third-order valence-corrected chi connectivity index (χ3v) is 5.21. The first-order valence-corrected chi connectivity index (χ1v) is 9.32. The van der Waals surface area contributed by atoms with Crippen LogP contribution in [0, 0.1) is 5.92 Å². The summed E-state index contributed by atoms with van der Waals surface area (Å²) in [4.78, 5) is 14.7. The first-order chi connectivity index (χ1) is 12.1. The van der Waals surface area contributed by atoms with Gasteiger partial charge in [-0.2, -0.15) is 0 Å². The van der Waals surface area contributed by atoms with Gasteiger partial charge >= 0.3 is 0 Å². The molecule has 0 aromatic heterocycles. The summed E-state index contributed by atoms with van der Waals surface area (Å²) in [5.41, 5.74) is 2.94. The lowest BCUT2D eigenvalue weighted by Gasteiger charge is -2.30. The third kappa shape index (κ3) is 5.07. The van der Waals surface area contributed by atoms with Gasteiger partial charge in [0.1, 0.15) is 0 Å². The molecule has 1 aliphatic heterocycles. The van der Waals surface area contributed by atoms with Gasteiger partial charge in [0.2, 0.25) is 0 Å². The molecule has 0 radical (unpaired) electrons. The number of nitrogens with one attached hydrogen (secondary N) is 1. The molecule has 0 aliphatic carbocycles. The van der Waals surface area contributed by atoms with Crippen molar-refractivity contribution in [1.82, 2.24) is 10.2 Å². The fourth-order valence-corrected chi connectivity index (χ4v) is 3.39. The largest absolute Gasteiger partial charge is 0.348 e. The van der Waals surface area contributed by atoms with E-state index in [0.717, 1.165) is 18.0 Å². The monoisotopic (exact) mass is 356 g/mol. The number of amides is 1. The molecule has 4 heteroatoms. The van der Waals surface area contributed by atoms with Gasteiger partial charge < -0.3 is 5.32 Å². The predicted octanol–water partition coefficient (Wildman–Crippen LogP) is 4.50. The van der Waals surface area contributed by atoms with Gasteiger partial charge in [-0.3, -0.25) is 9.69 Å². The SMILES string of the molecule is CC1CCN(Cc2ccc(CNC(=O)c3ccccc3Cl)cc2)CC1. The highest BCUT2D eigenvalue weighted by Crippen LogP contribution is 2.18. The van der Waals surface area contributed by atoms with Crippen molar-refractivity contribution in [2.45, 2.75) is 32.9 Å². The first-order valence-electron chi connectivity index (χ1n) is 8.95. The maximum absolute atomic E-state index is 12.2. The summed E-state index contributed by atoms with van der Waals surface area (Å²) in [5, 5.41) is 3.41. The molecule has 25 heavy (non-hydrogen) atoms. The fourth-order valence-electron chi connectivity index (χ4n) is 3.16. The molecule has 0 bridgehead atoms. The lowest BCUT2D eigenvalue weighted by molar-refractivity contribution is 0.0951. The molecule has 1 saturated heterocycles. The van der Waals surface area contributed by atoms with E-state index in [0.29, 0.717) is 17.1 Å². The third-order valence-electron chi connectivity index (χ3n) is 4.88. The van der Waals surface area contributed by atoms with E-state index < -0.39 is 0 Å². The molecule has 2 aromatic carbocycles. The highest BCUT2D eigenvalue weighted by Gasteiger charge is 2.15. The average molecular weight is 357 g/mol. The molecule has 3 rings (SSSR count). The number of rotatable bonds is 5. The number of carbonyl (C=O) groups is 1. The van der Waals surface area contributed by atoms with E-state index in [1.807, 2.05) is 12.1 Å². The quantitative estimate of drug-likeness (QED) is 0.855. The Labute approximate surface area is 155 Å². The summed E-state index contributed by atoms with van der Waals surface area (Å²) < 4.78 is 0. The van der Waals surface area contributed by atoms with Crippen molar-refractivity contribution in [2.24, 2.45) is 5.92 Å². The Balaban J connectivity index is 1.51. The minimum Gasteiger partial charge on any atom is -0.348 e. The maximum atomic E-state index is 12.2. The number of likely N-dealkylation sites (tertiary alicyclic amines) is 1. The van der Waals surface area contributed by atoms with Crippen LogP contribution in [0.1, 0.15) is 41.3 Å². The molecule has 0 atom stereocenters. The second-order valence-electron chi connectivity index (χ2n) is 6.94. The molecule has 1 aliphatic rings. The summed E-state index contributed by atoms with van der Waals surface area (Å²) >= 11 is 6.06. The van der Waals surface area contributed by atoms with Gasteiger partial charge in [0.25, 0.3) is 5.91 Å². The molecule has 1 heterocycles. The summed E-state index contributed by atoms with van der Waals surface area (Å²) in [6.07, 6.45) is 2.60. The van der Waals surface area contributed by atoms with Crippen LogP contribution in [0.15, 0.2) is 48.5 Å². The number of nitrogens with zero attached hydrogens (tertiary/aromatic N) is 1. The minimum atomic E-state index is -0.142. The second-order valence-corrected chi connectivity index (χ2v) is 7.34. The highest BCUT2D eigenvalue weighted by molar-refractivity contribution is 6.33. The van der Waals surface area contributed by atoms with Crippen LogP contribution in [0.5, 0.6) is 0 Å². The van der Waals surface area contributed by atoms with Crippen LogP contribution >= 0.6 is 11.6 Å². The number of halogens is 1. The lowest BCUT2D eigenvalue weighted by Crippen LogP contribution is -2.32. The molecule has 0 unspecified atom stereocenters. The minimum absolute atomic E-state index is 0.142. The zero-order valence-electron chi connectivity index (χ0n) is 14.7. The number of hydrogen-bond acceptors (Lipinski definition) is 2. The van der Waals surface area contributed by atoms with Gasteiger partial charge in [0.15, 0.2) is 0 Å². The Morgan fingerprint density at radius 2 is 1.72 bits per heavy atom. The zero-order valence-corrected chi connectivity index (χ0v) is 15.4. The van der Waals surface area contributed by atoms with Crippen LogP contribution < -0.4 is 5.32 Å². The number of piperidine rings is 1. The summed E-state index contributed by atoms with van der Waals surface area (Å²) in [7, 11) is 0. The smallest absolute Gasteiger partial charge is 0.253 e. The van der Waals surface area contributed by atoms with Crippen molar-refractivity contribution < 1.29 is 4.79 Å². The van der Waals surface area contributed by atoms with Gasteiger partial charge in [0.05, 0.1) is 10.6 Å². The molecular weight excluding hydrogens is 332 g/mol. The maximum Gasteiger partial charge on any atom is 0.253 e. The van der Waals surface area contributed by atoms with Crippen molar-refractivity contribution in [2.75, 3.05) is 13.1 Å². The van der Waals surface area contributed by atoms with E-state index in [9.17, 15) is 4.79 Å². The van der Waals surface area contributed by atoms with E-state index in [4.69, 9.17) is 11.6 Å². The Hall–Kier alpha value is -1.84. The summed E-state index contributed by atoms with van der Waals surface area (Å²) in [6, 6.07) is 15.6. The fraction of sp³-hybridized carbons (Fsp3) is 0.381. The zero-order chi connectivity index (χ0) is 17.6. The molecule has 2 aromatic rings. The molecule has 132 valence electrons. The number of carbonyl (C=O) groups excluding carboxylic acids is 1. The Morgan fingerprint density at radius 3 is 2.40 bits per heavy atom. The average Bonchev–Trinajstić information content (AvgIpc) is 2.63. The normalized spacial score (nSPS) is 15.9. The molecule has 0 saturated carbocycles. The van der Waals surface area contributed by atoms with Crippen LogP contribution in [0.4, 0.5) is 0 Å². The highest BCUT2D eigenvalue weighted by atomic mass is 35.5. The first kappa shape index (κ1) is 18.0. The van der Waals surface area contributed by atoms with Crippen molar-refractivity contribution in [3.05, 3.63) is 70.2 Å². The van der Waals surface area contributed by atoms with Gasteiger partial charge in [-0.25, -0.2) is 0 Å². The van der Waals surface area contributed by atoms with Crippen molar-refractivity contribution >= 4 is 17.5 Å². The van der Waals surface area contributed by atoms with Gasteiger partial charge in [-0.1, -0.05) is 54.9 Å². The van der Waals surface area contributed by atoms with Crippen molar-refractivity contribution in [3.63, 3.8) is 0 Å². The van der Waals surface area contributed by atoms with E-state index >= 15 is 0 Å². The predicted molar refractivity (Wildman–Crippen MR) is 103 cm³/mol. The van der Waals surface area contributed by atoms with Crippen LogP contribution in [0.2, 0.25) is 5.02 Å². The number of benzene rings is 2. The Morgan fingerprint density at radius 1 is 1.08 bits per heavy atom. The lowest BCUT2D eigenvalue weighted by atomic mass is 9.99. The van der Waals surface area contributed by atoms with E-state index in [2.05, 4.69) is 41.4 Å². The van der Waals surface area contributed by atoms with Crippen LogP contribution in [0.3, 0.4) is 0 Å². The van der Waals surface area contributed by atoms with E-state index in [1.165, 1.54) is 31.5 Å². The molecular formula is C21H25ClN2O. The van der Waals surface area contributed by atoms with Crippen LogP contribution in [0.25, 0.3) is 0 Å². The van der Waals surface area contributed by atoms with Gasteiger partial charge in [-0.05, 0) is 55.1 Å².